The van der Waals surface area contributed by atoms with Crippen molar-refractivity contribution in [1.29, 1.82) is 0 Å². The molecule has 1 N–H and O–H groups in total. The van der Waals surface area contributed by atoms with Gasteiger partial charge in [0.1, 0.15) is 5.82 Å². The molecule has 2 aromatic heterocycles. The van der Waals surface area contributed by atoms with E-state index in [-0.39, 0.29) is 6.04 Å². The zero-order valence-corrected chi connectivity index (χ0v) is 11.8. The van der Waals surface area contributed by atoms with Crippen LogP contribution in [0.25, 0.3) is 0 Å². The normalized spacial score (nSPS) is 12.6. The molecule has 2 rings (SSSR count). The molecule has 0 aromatic carbocycles. The van der Waals surface area contributed by atoms with Gasteiger partial charge in [-0.25, -0.2) is 9.97 Å². The van der Waals surface area contributed by atoms with Gasteiger partial charge in [0.05, 0.1) is 17.9 Å². The topological polar surface area (TPSA) is 55.6 Å². The van der Waals surface area contributed by atoms with Crippen LogP contribution in [0.3, 0.4) is 0 Å². The first kappa shape index (κ1) is 13.7. The summed E-state index contributed by atoms with van der Waals surface area (Å²) < 4.78 is 1.95. The fourth-order valence-electron chi connectivity index (χ4n) is 2.12. The molecule has 0 radical (unpaired) electrons. The van der Waals surface area contributed by atoms with Crippen molar-refractivity contribution in [2.45, 2.75) is 39.8 Å². The molecule has 2 heterocycles. The number of aryl methyl sites for hydroxylation is 2. The van der Waals surface area contributed by atoms with Gasteiger partial charge >= 0.3 is 0 Å². The molecule has 2 aromatic rings. The molecule has 0 aliphatic heterocycles. The number of hydrogen-bond donors (Lipinski definition) is 1. The second-order valence-corrected chi connectivity index (χ2v) is 4.55. The quantitative estimate of drug-likeness (QED) is 0.860. The molecule has 0 saturated heterocycles. The number of nitrogens with zero attached hydrogens (tertiary/aromatic N) is 4. The maximum absolute atomic E-state index is 4.51. The SMILES string of the molecule is CCNC(Cc1cnn(CC)c1)c1ccnc(C)n1. The van der Waals surface area contributed by atoms with Crippen molar-refractivity contribution >= 4 is 0 Å². The van der Waals surface area contributed by atoms with Crippen molar-refractivity contribution in [3.05, 3.63) is 41.7 Å². The van der Waals surface area contributed by atoms with Crippen LogP contribution in [0.4, 0.5) is 0 Å². The Labute approximate surface area is 114 Å². The van der Waals surface area contributed by atoms with Gasteiger partial charge in [0, 0.05) is 18.9 Å². The first-order chi connectivity index (χ1) is 9.22. The second-order valence-electron chi connectivity index (χ2n) is 4.55. The third kappa shape index (κ3) is 3.61. The highest BCUT2D eigenvalue weighted by molar-refractivity contribution is 5.14. The largest absolute Gasteiger partial charge is 0.309 e. The third-order valence-corrected chi connectivity index (χ3v) is 3.06. The fraction of sp³-hybridized carbons (Fsp3) is 0.500. The van der Waals surface area contributed by atoms with Crippen molar-refractivity contribution < 1.29 is 0 Å². The lowest BCUT2D eigenvalue weighted by molar-refractivity contribution is 0.533. The number of hydrogen-bond acceptors (Lipinski definition) is 4. The van der Waals surface area contributed by atoms with Gasteiger partial charge in [-0.3, -0.25) is 4.68 Å². The molecule has 5 nitrogen and oxygen atoms in total. The van der Waals surface area contributed by atoms with Crippen LogP contribution < -0.4 is 5.32 Å². The molecule has 0 spiro atoms. The van der Waals surface area contributed by atoms with Gasteiger partial charge in [-0.15, -0.1) is 0 Å². The highest BCUT2D eigenvalue weighted by Gasteiger charge is 2.14. The molecule has 19 heavy (non-hydrogen) atoms. The summed E-state index contributed by atoms with van der Waals surface area (Å²) in [5.41, 5.74) is 2.27. The molecule has 102 valence electrons. The van der Waals surface area contributed by atoms with Crippen LogP contribution in [0.15, 0.2) is 24.7 Å². The monoisotopic (exact) mass is 259 g/mol. The molecule has 0 aliphatic carbocycles. The van der Waals surface area contributed by atoms with Crippen LogP contribution in [-0.2, 0) is 13.0 Å². The maximum atomic E-state index is 4.51. The third-order valence-electron chi connectivity index (χ3n) is 3.06. The zero-order valence-electron chi connectivity index (χ0n) is 11.8. The number of rotatable bonds is 6. The summed E-state index contributed by atoms with van der Waals surface area (Å²) in [6.07, 6.45) is 6.74. The highest BCUT2D eigenvalue weighted by Crippen LogP contribution is 2.16. The molecule has 0 saturated carbocycles. The van der Waals surface area contributed by atoms with Crippen molar-refractivity contribution in [1.82, 2.24) is 25.1 Å². The number of likely N-dealkylation sites (N-methyl/N-ethyl adjacent to an activating group) is 1. The van der Waals surface area contributed by atoms with Crippen LogP contribution in [0.5, 0.6) is 0 Å². The Morgan fingerprint density at radius 3 is 2.84 bits per heavy atom. The minimum absolute atomic E-state index is 0.209. The Morgan fingerprint density at radius 1 is 1.37 bits per heavy atom. The first-order valence-electron chi connectivity index (χ1n) is 6.77. The zero-order chi connectivity index (χ0) is 13.7. The number of nitrogens with one attached hydrogen (secondary N) is 1. The standard InChI is InChI=1S/C14H21N5/c1-4-15-14(13-6-7-16-11(3)18-13)8-12-9-17-19(5-2)10-12/h6-7,9-10,14-15H,4-5,8H2,1-3H3. The van der Waals surface area contributed by atoms with E-state index in [1.54, 1.807) is 0 Å². The summed E-state index contributed by atoms with van der Waals surface area (Å²) in [7, 11) is 0. The summed E-state index contributed by atoms with van der Waals surface area (Å²) in [5.74, 6) is 0.810. The first-order valence-corrected chi connectivity index (χ1v) is 6.77. The summed E-state index contributed by atoms with van der Waals surface area (Å²) in [5, 5.41) is 7.79. The van der Waals surface area contributed by atoms with E-state index in [1.165, 1.54) is 5.56 Å². The van der Waals surface area contributed by atoms with Gasteiger partial charge in [0.2, 0.25) is 0 Å². The molecule has 0 fully saturated rings. The summed E-state index contributed by atoms with van der Waals surface area (Å²) >= 11 is 0. The Hall–Kier alpha value is -1.75. The van der Waals surface area contributed by atoms with Gasteiger partial charge in [-0.05, 0) is 38.4 Å². The van der Waals surface area contributed by atoms with Crippen LogP contribution in [-0.4, -0.2) is 26.3 Å². The van der Waals surface area contributed by atoms with Gasteiger partial charge in [-0.1, -0.05) is 6.92 Å². The maximum Gasteiger partial charge on any atom is 0.125 e. The summed E-state index contributed by atoms with van der Waals surface area (Å²) in [4.78, 5) is 8.67. The van der Waals surface area contributed by atoms with E-state index in [4.69, 9.17) is 0 Å². The van der Waals surface area contributed by atoms with Crippen molar-refractivity contribution in [2.24, 2.45) is 0 Å². The van der Waals surface area contributed by atoms with E-state index < -0.39 is 0 Å². The highest BCUT2D eigenvalue weighted by atomic mass is 15.3. The summed E-state index contributed by atoms with van der Waals surface area (Å²) in [6.45, 7) is 7.93. The van der Waals surface area contributed by atoms with Gasteiger partial charge in [-0.2, -0.15) is 5.10 Å². The average molecular weight is 259 g/mol. The fourth-order valence-corrected chi connectivity index (χ4v) is 2.12. The van der Waals surface area contributed by atoms with Gasteiger partial charge in [0.15, 0.2) is 0 Å². The Morgan fingerprint density at radius 2 is 2.21 bits per heavy atom. The van der Waals surface area contributed by atoms with Crippen LogP contribution >= 0.6 is 0 Å². The molecule has 0 bridgehead atoms. The lowest BCUT2D eigenvalue weighted by Crippen LogP contribution is -2.24. The van der Waals surface area contributed by atoms with Crippen LogP contribution in [0, 0.1) is 6.92 Å². The molecular weight excluding hydrogens is 238 g/mol. The lowest BCUT2D eigenvalue weighted by Gasteiger charge is -2.16. The van der Waals surface area contributed by atoms with Gasteiger partial charge < -0.3 is 5.32 Å². The number of aromatic nitrogens is 4. The minimum Gasteiger partial charge on any atom is -0.309 e. The molecule has 0 aliphatic rings. The van der Waals surface area contributed by atoms with E-state index in [9.17, 15) is 0 Å². The van der Waals surface area contributed by atoms with Crippen molar-refractivity contribution in [3.8, 4) is 0 Å². The van der Waals surface area contributed by atoms with E-state index in [0.717, 1.165) is 31.0 Å². The van der Waals surface area contributed by atoms with Crippen molar-refractivity contribution in [2.75, 3.05) is 6.54 Å². The van der Waals surface area contributed by atoms with Crippen molar-refractivity contribution in [3.63, 3.8) is 0 Å². The Bertz CT molecular complexity index is 520. The predicted molar refractivity (Wildman–Crippen MR) is 74.8 cm³/mol. The molecule has 0 amide bonds. The minimum atomic E-state index is 0.209. The van der Waals surface area contributed by atoms with Crippen LogP contribution in [0.2, 0.25) is 0 Å². The molecule has 5 heteroatoms. The average Bonchev–Trinajstić information content (AvgIpc) is 2.86. The van der Waals surface area contributed by atoms with E-state index in [2.05, 4.69) is 40.4 Å². The van der Waals surface area contributed by atoms with E-state index in [0.29, 0.717) is 0 Å². The smallest absolute Gasteiger partial charge is 0.125 e. The Kier molecular flexibility index (Phi) is 4.63. The van der Waals surface area contributed by atoms with Gasteiger partial charge in [0.25, 0.3) is 0 Å². The molecular formula is C14H21N5. The van der Waals surface area contributed by atoms with E-state index >= 15 is 0 Å². The molecule has 1 atom stereocenters. The van der Waals surface area contributed by atoms with Crippen LogP contribution in [0.1, 0.15) is 37.0 Å². The van der Waals surface area contributed by atoms with E-state index in [1.807, 2.05) is 30.1 Å². The lowest BCUT2D eigenvalue weighted by atomic mass is 10.1. The molecule has 1 unspecified atom stereocenters. The summed E-state index contributed by atoms with van der Waals surface area (Å²) in [6, 6.07) is 2.19. The second kappa shape index (κ2) is 6.43. The Balaban J connectivity index is 2.15. The predicted octanol–water partition coefficient (Wildman–Crippen LogP) is 1.89.